The first-order valence-electron chi connectivity index (χ1n) is 12.0. The molecule has 0 aliphatic rings. The summed E-state index contributed by atoms with van der Waals surface area (Å²) in [6, 6.07) is 20.7. The Kier molecular flexibility index (Phi) is 11.0. The van der Waals surface area contributed by atoms with Gasteiger partial charge in [-0.05, 0) is 52.7 Å². The van der Waals surface area contributed by atoms with E-state index in [0.717, 1.165) is 0 Å². The van der Waals surface area contributed by atoms with Crippen molar-refractivity contribution in [3.8, 4) is 0 Å². The molecule has 0 radical (unpaired) electrons. The van der Waals surface area contributed by atoms with E-state index in [1.165, 1.54) is 11.1 Å². The fourth-order valence-electron chi connectivity index (χ4n) is 3.99. The number of carbonyl (C=O) groups is 1. The van der Waals surface area contributed by atoms with Crippen LogP contribution in [0.25, 0.3) is 0 Å². The van der Waals surface area contributed by atoms with E-state index >= 15 is 0 Å². The van der Waals surface area contributed by atoms with Gasteiger partial charge in [0.05, 0.1) is 6.42 Å². The van der Waals surface area contributed by atoms with Crippen LogP contribution in [0.2, 0.25) is 0 Å². The molecule has 2 rings (SSSR count). The van der Waals surface area contributed by atoms with Crippen molar-refractivity contribution in [3.05, 3.63) is 71.8 Å². The Bertz CT molecular complexity index is 798. The lowest BCUT2D eigenvalue weighted by atomic mass is 9.99. The molecule has 0 aliphatic heterocycles. The van der Waals surface area contributed by atoms with Crippen molar-refractivity contribution in [1.82, 2.24) is 4.90 Å². The largest absolute Gasteiger partial charge is 0.460 e. The number of ether oxygens (including phenoxy) is 3. The van der Waals surface area contributed by atoms with Crippen LogP contribution in [0.5, 0.6) is 0 Å². The number of hydrogen-bond acceptors (Lipinski definition) is 5. The number of benzene rings is 2. The van der Waals surface area contributed by atoms with Gasteiger partial charge in [0.2, 0.25) is 0 Å². The van der Waals surface area contributed by atoms with Crippen molar-refractivity contribution in [2.24, 2.45) is 0 Å². The molecular formula is C28H41NO4. The Morgan fingerprint density at radius 2 is 1.45 bits per heavy atom. The van der Waals surface area contributed by atoms with Crippen molar-refractivity contribution in [3.63, 3.8) is 0 Å². The molecule has 0 amide bonds. The SMILES string of the molecule is CCOC(C[C@H](CC(=O)OC(C)(C)C)N(Cc1ccccc1)[C@H](C)c1ccccc1)OCC. The minimum Gasteiger partial charge on any atom is -0.460 e. The molecular weight excluding hydrogens is 414 g/mol. The van der Waals surface area contributed by atoms with Gasteiger partial charge in [-0.25, -0.2) is 0 Å². The van der Waals surface area contributed by atoms with Crippen molar-refractivity contribution in [1.29, 1.82) is 0 Å². The van der Waals surface area contributed by atoms with Gasteiger partial charge in [0.25, 0.3) is 0 Å². The highest BCUT2D eigenvalue weighted by Crippen LogP contribution is 2.29. The minimum absolute atomic E-state index is 0.0859. The molecule has 0 fully saturated rings. The monoisotopic (exact) mass is 455 g/mol. The van der Waals surface area contributed by atoms with Gasteiger partial charge in [-0.1, -0.05) is 60.7 Å². The number of hydrogen-bond donors (Lipinski definition) is 0. The molecule has 182 valence electrons. The Balaban J connectivity index is 2.40. The van der Waals surface area contributed by atoms with Crippen molar-refractivity contribution < 1.29 is 19.0 Å². The molecule has 0 N–H and O–H groups in total. The summed E-state index contributed by atoms with van der Waals surface area (Å²) in [5.41, 5.74) is 1.86. The van der Waals surface area contributed by atoms with Gasteiger partial charge < -0.3 is 14.2 Å². The summed E-state index contributed by atoms with van der Waals surface area (Å²) in [7, 11) is 0. The molecule has 2 atom stereocenters. The predicted octanol–water partition coefficient (Wildman–Crippen LogP) is 6.14. The van der Waals surface area contributed by atoms with Gasteiger partial charge >= 0.3 is 5.97 Å². The van der Waals surface area contributed by atoms with E-state index in [4.69, 9.17) is 14.2 Å². The first-order chi connectivity index (χ1) is 15.7. The zero-order chi connectivity index (χ0) is 24.3. The third-order valence-corrected chi connectivity index (χ3v) is 5.45. The highest BCUT2D eigenvalue weighted by atomic mass is 16.7. The maximum Gasteiger partial charge on any atom is 0.307 e. The van der Waals surface area contributed by atoms with Crippen molar-refractivity contribution in [2.75, 3.05) is 13.2 Å². The standard InChI is InChI=1S/C28H41NO4/c1-7-31-27(32-8-2)20-25(19-26(30)33-28(4,5)6)29(21-23-15-11-9-12-16-23)22(3)24-17-13-10-14-18-24/h9-18,22,25,27H,7-8,19-21H2,1-6H3/t22-,25+/m1/s1. The zero-order valence-electron chi connectivity index (χ0n) is 21.1. The lowest BCUT2D eigenvalue weighted by Gasteiger charge is -2.38. The molecule has 0 saturated heterocycles. The van der Waals surface area contributed by atoms with Crippen LogP contribution in [0.4, 0.5) is 0 Å². The lowest BCUT2D eigenvalue weighted by molar-refractivity contribution is -0.163. The maximum atomic E-state index is 13.0. The lowest BCUT2D eigenvalue weighted by Crippen LogP contribution is -2.42. The summed E-state index contributed by atoms with van der Waals surface area (Å²) in [5, 5.41) is 0. The van der Waals surface area contributed by atoms with Gasteiger partial charge in [-0.2, -0.15) is 0 Å². The molecule has 2 aromatic carbocycles. The number of rotatable bonds is 13. The molecule has 0 heterocycles. The molecule has 0 aromatic heterocycles. The second-order valence-electron chi connectivity index (χ2n) is 9.26. The average molecular weight is 456 g/mol. The molecule has 0 unspecified atom stereocenters. The van der Waals surface area contributed by atoms with Crippen molar-refractivity contribution in [2.45, 2.75) is 84.9 Å². The number of nitrogens with zero attached hydrogens (tertiary/aromatic N) is 1. The summed E-state index contributed by atoms with van der Waals surface area (Å²) in [6.07, 6.45) is 0.455. The highest BCUT2D eigenvalue weighted by Gasteiger charge is 2.31. The second kappa shape index (κ2) is 13.5. The Morgan fingerprint density at radius 3 is 1.97 bits per heavy atom. The van der Waals surface area contributed by atoms with E-state index in [9.17, 15) is 4.79 Å². The van der Waals surface area contributed by atoms with E-state index in [-0.39, 0.29) is 30.8 Å². The van der Waals surface area contributed by atoms with Crippen LogP contribution in [-0.2, 0) is 25.5 Å². The first-order valence-corrected chi connectivity index (χ1v) is 12.0. The normalized spacial score (nSPS) is 13.8. The first kappa shape index (κ1) is 27.0. The van der Waals surface area contributed by atoms with Gasteiger partial charge in [0.1, 0.15) is 5.60 Å². The molecule has 0 saturated carbocycles. The summed E-state index contributed by atoms with van der Waals surface area (Å²) in [6.45, 7) is 13.6. The zero-order valence-corrected chi connectivity index (χ0v) is 21.1. The maximum absolute atomic E-state index is 13.0. The third-order valence-electron chi connectivity index (χ3n) is 5.45. The van der Waals surface area contributed by atoms with E-state index in [2.05, 4.69) is 48.2 Å². The Labute approximate surface area is 200 Å². The Morgan fingerprint density at radius 1 is 0.909 bits per heavy atom. The molecule has 33 heavy (non-hydrogen) atoms. The molecule has 2 aromatic rings. The molecule has 0 spiro atoms. The quantitative estimate of drug-likeness (QED) is 0.268. The molecule has 5 heteroatoms. The molecule has 0 bridgehead atoms. The van der Waals surface area contributed by atoms with Gasteiger partial charge in [0, 0.05) is 38.3 Å². The fourth-order valence-corrected chi connectivity index (χ4v) is 3.99. The van der Waals surface area contributed by atoms with E-state index in [1.807, 2.05) is 58.9 Å². The van der Waals surface area contributed by atoms with Crippen LogP contribution in [0, 0.1) is 0 Å². The number of esters is 1. The van der Waals surface area contributed by atoms with Gasteiger partial charge in [-0.15, -0.1) is 0 Å². The molecule has 5 nitrogen and oxygen atoms in total. The fraction of sp³-hybridized carbons (Fsp3) is 0.536. The minimum atomic E-state index is -0.532. The summed E-state index contributed by atoms with van der Waals surface area (Å²) in [4.78, 5) is 15.3. The number of carbonyl (C=O) groups excluding carboxylic acids is 1. The van der Waals surface area contributed by atoms with Crippen LogP contribution in [-0.4, -0.2) is 42.0 Å². The van der Waals surface area contributed by atoms with Crippen LogP contribution < -0.4 is 0 Å². The Hall–Kier alpha value is -2.21. The van der Waals surface area contributed by atoms with E-state index in [0.29, 0.717) is 26.2 Å². The second-order valence-corrected chi connectivity index (χ2v) is 9.26. The van der Waals surface area contributed by atoms with E-state index in [1.54, 1.807) is 0 Å². The van der Waals surface area contributed by atoms with Crippen LogP contribution in [0.1, 0.15) is 71.6 Å². The van der Waals surface area contributed by atoms with Gasteiger partial charge in [0.15, 0.2) is 6.29 Å². The smallest absolute Gasteiger partial charge is 0.307 e. The van der Waals surface area contributed by atoms with Crippen LogP contribution in [0.15, 0.2) is 60.7 Å². The highest BCUT2D eigenvalue weighted by molar-refractivity contribution is 5.70. The summed E-state index contributed by atoms with van der Waals surface area (Å²) < 4.78 is 17.5. The van der Waals surface area contributed by atoms with Crippen LogP contribution in [0.3, 0.4) is 0 Å². The molecule has 0 aliphatic carbocycles. The third kappa shape index (κ3) is 9.66. The average Bonchev–Trinajstić information content (AvgIpc) is 2.77. The van der Waals surface area contributed by atoms with Gasteiger partial charge in [-0.3, -0.25) is 9.69 Å². The van der Waals surface area contributed by atoms with E-state index < -0.39 is 5.60 Å². The predicted molar refractivity (Wildman–Crippen MR) is 133 cm³/mol. The van der Waals surface area contributed by atoms with Crippen molar-refractivity contribution >= 4 is 5.97 Å². The summed E-state index contributed by atoms with van der Waals surface area (Å²) >= 11 is 0. The topological polar surface area (TPSA) is 48.0 Å². The van der Waals surface area contributed by atoms with Crippen LogP contribution >= 0.6 is 0 Å². The summed E-state index contributed by atoms with van der Waals surface area (Å²) in [5.74, 6) is -0.211.